The summed E-state index contributed by atoms with van der Waals surface area (Å²) in [6.07, 6.45) is 8.29. The third kappa shape index (κ3) is 3.03. The van der Waals surface area contributed by atoms with Crippen molar-refractivity contribution < 1.29 is 14.6 Å². The molecule has 2 fully saturated rings. The van der Waals surface area contributed by atoms with Crippen molar-refractivity contribution >= 4 is 12.0 Å². The van der Waals surface area contributed by atoms with Crippen molar-refractivity contribution in [2.24, 2.45) is 17.8 Å². The number of aliphatic carboxylic acids is 1. The minimum absolute atomic E-state index is 0.736. The second-order valence-corrected chi connectivity index (χ2v) is 5.99. The fraction of sp³-hybridized carbons (Fsp3) is 0.471. The summed E-state index contributed by atoms with van der Waals surface area (Å²) in [4.78, 5) is 10.4. The number of carboxylic acid groups (broad SMARTS) is 1. The number of carboxylic acids is 1. The first-order valence-corrected chi connectivity index (χ1v) is 7.34. The summed E-state index contributed by atoms with van der Waals surface area (Å²) < 4.78 is 5.88. The molecule has 2 bridgehead atoms. The molecular weight excluding hydrogens is 252 g/mol. The smallest absolute Gasteiger partial charge is 0.328 e. The highest BCUT2D eigenvalue weighted by molar-refractivity contribution is 5.85. The van der Waals surface area contributed by atoms with E-state index in [9.17, 15) is 4.79 Å². The van der Waals surface area contributed by atoms with Crippen LogP contribution in [0.25, 0.3) is 6.08 Å². The van der Waals surface area contributed by atoms with Crippen LogP contribution in [0.2, 0.25) is 0 Å². The molecular formula is C17H20O3. The van der Waals surface area contributed by atoms with Crippen LogP contribution in [0.15, 0.2) is 30.3 Å². The van der Waals surface area contributed by atoms with Gasteiger partial charge in [-0.25, -0.2) is 4.79 Å². The number of ether oxygens (including phenoxy) is 1. The summed E-state index contributed by atoms with van der Waals surface area (Å²) in [5.74, 6) is 2.53. The van der Waals surface area contributed by atoms with Crippen LogP contribution in [0.3, 0.4) is 0 Å². The van der Waals surface area contributed by atoms with Gasteiger partial charge in [0.25, 0.3) is 0 Å². The highest BCUT2D eigenvalue weighted by atomic mass is 16.5. The zero-order valence-electron chi connectivity index (χ0n) is 11.5. The van der Waals surface area contributed by atoms with E-state index in [1.54, 1.807) is 6.08 Å². The second kappa shape index (κ2) is 5.70. The molecule has 0 saturated heterocycles. The lowest BCUT2D eigenvalue weighted by Gasteiger charge is -2.21. The SMILES string of the molecule is O=C(O)C=Cc1ccc(OCC2CC3CCC2C3)cc1. The van der Waals surface area contributed by atoms with Gasteiger partial charge in [0.1, 0.15) is 5.75 Å². The first kappa shape index (κ1) is 13.2. The first-order valence-electron chi connectivity index (χ1n) is 7.34. The van der Waals surface area contributed by atoms with Crippen molar-refractivity contribution in [3.05, 3.63) is 35.9 Å². The van der Waals surface area contributed by atoms with Crippen molar-refractivity contribution in [2.75, 3.05) is 6.61 Å². The van der Waals surface area contributed by atoms with Crippen molar-refractivity contribution in [1.29, 1.82) is 0 Å². The van der Waals surface area contributed by atoms with Gasteiger partial charge >= 0.3 is 5.97 Å². The van der Waals surface area contributed by atoms with Crippen molar-refractivity contribution in [3.8, 4) is 5.75 Å². The average Bonchev–Trinajstić information content (AvgIpc) is 3.06. The summed E-state index contributed by atoms with van der Waals surface area (Å²) in [6.45, 7) is 0.825. The van der Waals surface area contributed by atoms with Gasteiger partial charge in [-0.1, -0.05) is 18.6 Å². The Morgan fingerprint density at radius 1 is 1.25 bits per heavy atom. The zero-order valence-corrected chi connectivity index (χ0v) is 11.5. The van der Waals surface area contributed by atoms with E-state index in [1.807, 2.05) is 24.3 Å². The Hall–Kier alpha value is -1.77. The minimum Gasteiger partial charge on any atom is -0.493 e. The lowest BCUT2D eigenvalue weighted by Crippen LogP contribution is -2.18. The summed E-state index contributed by atoms with van der Waals surface area (Å²) in [5, 5.41) is 8.58. The summed E-state index contributed by atoms with van der Waals surface area (Å²) in [7, 11) is 0. The molecule has 3 rings (SSSR count). The largest absolute Gasteiger partial charge is 0.493 e. The van der Waals surface area contributed by atoms with E-state index in [2.05, 4.69) is 0 Å². The van der Waals surface area contributed by atoms with Crippen LogP contribution in [-0.4, -0.2) is 17.7 Å². The van der Waals surface area contributed by atoms with E-state index in [0.717, 1.165) is 41.7 Å². The Bertz CT molecular complexity index is 503. The molecule has 0 spiro atoms. The van der Waals surface area contributed by atoms with Crippen LogP contribution in [-0.2, 0) is 4.79 Å². The predicted octanol–water partition coefficient (Wildman–Crippen LogP) is 3.60. The van der Waals surface area contributed by atoms with Gasteiger partial charge in [0, 0.05) is 6.08 Å². The van der Waals surface area contributed by atoms with Gasteiger partial charge in [-0.05, 0) is 60.8 Å². The highest BCUT2D eigenvalue weighted by Gasteiger charge is 2.39. The topological polar surface area (TPSA) is 46.5 Å². The average molecular weight is 272 g/mol. The maximum absolute atomic E-state index is 10.4. The molecule has 3 heteroatoms. The fourth-order valence-electron chi connectivity index (χ4n) is 3.63. The minimum atomic E-state index is -0.929. The number of hydrogen-bond donors (Lipinski definition) is 1. The van der Waals surface area contributed by atoms with Crippen molar-refractivity contribution in [1.82, 2.24) is 0 Å². The Balaban J connectivity index is 1.52. The molecule has 1 N–H and O–H groups in total. The van der Waals surface area contributed by atoms with Gasteiger partial charge in [-0.15, -0.1) is 0 Å². The molecule has 1 aromatic carbocycles. The lowest BCUT2D eigenvalue weighted by atomic mass is 9.89. The van der Waals surface area contributed by atoms with Crippen LogP contribution >= 0.6 is 0 Å². The molecule has 0 radical (unpaired) electrons. The van der Waals surface area contributed by atoms with Crippen molar-refractivity contribution in [2.45, 2.75) is 25.7 Å². The Morgan fingerprint density at radius 3 is 2.65 bits per heavy atom. The Kier molecular flexibility index (Phi) is 3.77. The molecule has 3 unspecified atom stereocenters. The van der Waals surface area contributed by atoms with Crippen molar-refractivity contribution in [3.63, 3.8) is 0 Å². The quantitative estimate of drug-likeness (QED) is 0.833. The number of fused-ring (bicyclic) bond motifs is 2. The third-order valence-electron chi connectivity index (χ3n) is 4.65. The molecule has 2 aliphatic rings. The van der Waals surface area contributed by atoms with E-state index in [0.29, 0.717) is 0 Å². The molecule has 2 saturated carbocycles. The lowest BCUT2D eigenvalue weighted by molar-refractivity contribution is -0.131. The third-order valence-corrected chi connectivity index (χ3v) is 4.65. The highest BCUT2D eigenvalue weighted by Crippen LogP contribution is 2.48. The number of carbonyl (C=O) groups is 1. The molecule has 0 heterocycles. The van der Waals surface area contributed by atoms with E-state index >= 15 is 0 Å². The maximum Gasteiger partial charge on any atom is 0.328 e. The van der Waals surface area contributed by atoms with Gasteiger partial charge in [0.2, 0.25) is 0 Å². The monoisotopic (exact) mass is 272 g/mol. The van der Waals surface area contributed by atoms with E-state index < -0.39 is 5.97 Å². The molecule has 106 valence electrons. The molecule has 0 aromatic heterocycles. The van der Waals surface area contributed by atoms with Gasteiger partial charge in [0.05, 0.1) is 6.61 Å². The first-order chi connectivity index (χ1) is 9.70. The van der Waals surface area contributed by atoms with Gasteiger partial charge in [-0.3, -0.25) is 0 Å². The van der Waals surface area contributed by atoms with Crippen LogP contribution in [0.5, 0.6) is 5.75 Å². The fourth-order valence-corrected chi connectivity index (χ4v) is 3.63. The van der Waals surface area contributed by atoms with E-state index in [1.165, 1.54) is 25.7 Å². The molecule has 0 amide bonds. The predicted molar refractivity (Wildman–Crippen MR) is 77.5 cm³/mol. The molecule has 1 aromatic rings. The van der Waals surface area contributed by atoms with Crippen LogP contribution in [0.1, 0.15) is 31.2 Å². The summed E-state index contributed by atoms with van der Waals surface area (Å²) in [6, 6.07) is 7.59. The Morgan fingerprint density at radius 2 is 2.05 bits per heavy atom. The summed E-state index contributed by atoms with van der Waals surface area (Å²) in [5.41, 5.74) is 0.875. The molecule has 2 aliphatic carbocycles. The molecule has 0 aliphatic heterocycles. The Labute approximate surface area is 119 Å². The van der Waals surface area contributed by atoms with Crippen LogP contribution in [0, 0.1) is 17.8 Å². The number of hydrogen-bond acceptors (Lipinski definition) is 2. The molecule has 3 atom stereocenters. The maximum atomic E-state index is 10.4. The molecule has 3 nitrogen and oxygen atoms in total. The molecule has 20 heavy (non-hydrogen) atoms. The van der Waals surface area contributed by atoms with E-state index in [4.69, 9.17) is 9.84 Å². The normalized spacial score (nSPS) is 28.1. The summed E-state index contributed by atoms with van der Waals surface area (Å²) >= 11 is 0. The van der Waals surface area contributed by atoms with Crippen LogP contribution in [0.4, 0.5) is 0 Å². The van der Waals surface area contributed by atoms with Gasteiger partial charge in [0.15, 0.2) is 0 Å². The van der Waals surface area contributed by atoms with E-state index in [-0.39, 0.29) is 0 Å². The standard InChI is InChI=1S/C17H20O3/c18-17(19)8-4-12-2-6-16(7-3-12)20-11-15-10-13-1-5-14(15)9-13/h2-4,6-8,13-15H,1,5,9-11H2,(H,18,19). The second-order valence-electron chi connectivity index (χ2n) is 5.99. The van der Waals surface area contributed by atoms with Gasteiger partial charge < -0.3 is 9.84 Å². The number of benzene rings is 1. The zero-order chi connectivity index (χ0) is 13.9. The van der Waals surface area contributed by atoms with Crippen LogP contribution < -0.4 is 4.74 Å². The number of rotatable bonds is 5. The van der Waals surface area contributed by atoms with Gasteiger partial charge in [-0.2, -0.15) is 0 Å².